The Morgan fingerprint density at radius 2 is 2.33 bits per heavy atom. The molecule has 0 aliphatic carbocycles. The smallest absolute Gasteiger partial charge is 0.303 e. The molecule has 116 valence electrons. The summed E-state index contributed by atoms with van der Waals surface area (Å²) in [4.78, 5) is 21.7. The number of aliphatic carboxylic acids is 1. The number of piperidine rings is 1. The molecule has 0 saturated carbocycles. The lowest BCUT2D eigenvalue weighted by Crippen LogP contribution is -2.41. The van der Waals surface area contributed by atoms with Crippen molar-refractivity contribution in [1.82, 2.24) is 9.97 Å². The fourth-order valence-corrected chi connectivity index (χ4v) is 2.63. The third-order valence-corrected chi connectivity index (χ3v) is 3.55. The first-order valence-corrected chi connectivity index (χ1v) is 7.54. The van der Waals surface area contributed by atoms with E-state index >= 15 is 0 Å². The summed E-state index contributed by atoms with van der Waals surface area (Å²) in [6.45, 7) is 4.78. The average Bonchev–Trinajstić information content (AvgIpc) is 2.45. The third kappa shape index (κ3) is 4.58. The zero-order valence-corrected chi connectivity index (χ0v) is 12.7. The molecule has 1 aliphatic rings. The van der Waals surface area contributed by atoms with E-state index in [1.54, 1.807) is 12.3 Å². The minimum atomic E-state index is -0.752. The highest BCUT2D eigenvalue weighted by Crippen LogP contribution is 2.25. The molecule has 0 aromatic carbocycles. The van der Waals surface area contributed by atoms with Crippen molar-refractivity contribution in [2.24, 2.45) is 0 Å². The molecule has 2 rings (SSSR count). The first-order chi connectivity index (χ1) is 10.1. The van der Waals surface area contributed by atoms with Gasteiger partial charge in [-0.25, -0.2) is 4.98 Å². The van der Waals surface area contributed by atoms with E-state index in [9.17, 15) is 4.79 Å². The molecular weight excluding hydrogens is 270 g/mol. The van der Waals surface area contributed by atoms with Gasteiger partial charge in [0.2, 0.25) is 11.8 Å². The van der Waals surface area contributed by atoms with Crippen molar-refractivity contribution in [2.75, 3.05) is 11.4 Å². The summed E-state index contributed by atoms with van der Waals surface area (Å²) in [7, 11) is 0. The van der Waals surface area contributed by atoms with Gasteiger partial charge >= 0.3 is 5.97 Å². The second-order valence-corrected chi connectivity index (χ2v) is 5.64. The molecule has 2 heterocycles. The average molecular weight is 293 g/mol. The minimum Gasteiger partial charge on any atom is -0.481 e. The first-order valence-electron chi connectivity index (χ1n) is 7.54. The number of anilines is 1. The molecule has 0 radical (unpaired) electrons. The summed E-state index contributed by atoms with van der Waals surface area (Å²) in [5.74, 6) is 0.458. The van der Waals surface area contributed by atoms with E-state index in [1.165, 1.54) is 0 Å². The van der Waals surface area contributed by atoms with Gasteiger partial charge in [-0.3, -0.25) is 4.79 Å². The Kier molecular flexibility index (Phi) is 5.36. The Bertz CT molecular complexity index is 479. The van der Waals surface area contributed by atoms with Crippen LogP contribution >= 0.6 is 0 Å². The van der Waals surface area contributed by atoms with E-state index in [4.69, 9.17) is 9.84 Å². The Hall–Kier alpha value is -1.85. The maximum Gasteiger partial charge on any atom is 0.303 e. The van der Waals surface area contributed by atoms with Gasteiger partial charge in [0.1, 0.15) is 0 Å². The fraction of sp³-hybridized carbons (Fsp3) is 0.667. The lowest BCUT2D eigenvalue weighted by atomic mass is 9.98. The fourth-order valence-electron chi connectivity index (χ4n) is 2.63. The lowest BCUT2D eigenvalue weighted by Gasteiger charge is -2.35. The van der Waals surface area contributed by atoms with Gasteiger partial charge in [-0.2, -0.15) is 4.98 Å². The standard InChI is InChI=1S/C15H23N3O3/c1-11(2)21-13-8-9-16-15(17-13)18-10-4-3-5-12(18)6-7-14(19)20/h8-9,11-12H,3-7,10H2,1-2H3,(H,19,20). The van der Waals surface area contributed by atoms with Crippen LogP contribution in [0.1, 0.15) is 46.0 Å². The monoisotopic (exact) mass is 293 g/mol. The van der Waals surface area contributed by atoms with Crippen LogP contribution in [0.5, 0.6) is 5.88 Å². The molecule has 1 unspecified atom stereocenters. The molecule has 21 heavy (non-hydrogen) atoms. The lowest BCUT2D eigenvalue weighted by molar-refractivity contribution is -0.137. The van der Waals surface area contributed by atoms with Crippen LogP contribution in [0.3, 0.4) is 0 Å². The highest BCUT2D eigenvalue weighted by molar-refractivity contribution is 5.66. The molecule has 6 nitrogen and oxygen atoms in total. The second-order valence-electron chi connectivity index (χ2n) is 5.64. The summed E-state index contributed by atoms with van der Waals surface area (Å²) in [5.41, 5.74) is 0. The van der Waals surface area contributed by atoms with Crippen molar-refractivity contribution < 1.29 is 14.6 Å². The highest BCUT2D eigenvalue weighted by Gasteiger charge is 2.25. The zero-order chi connectivity index (χ0) is 15.2. The number of carboxylic acids is 1. The summed E-state index contributed by atoms with van der Waals surface area (Å²) in [6, 6.07) is 1.95. The molecule has 0 spiro atoms. The molecule has 6 heteroatoms. The van der Waals surface area contributed by atoms with Gasteiger partial charge in [0.05, 0.1) is 6.10 Å². The maximum absolute atomic E-state index is 10.8. The van der Waals surface area contributed by atoms with Crippen molar-refractivity contribution in [3.8, 4) is 5.88 Å². The van der Waals surface area contributed by atoms with Crippen LogP contribution in [0.4, 0.5) is 5.95 Å². The van der Waals surface area contributed by atoms with Gasteiger partial charge in [-0.1, -0.05) is 0 Å². The quantitative estimate of drug-likeness (QED) is 0.868. The van der Waals surface area contributed by atoms with Crippen molar-refractivity contribution in [2.45, 2.75) is 58.1 Å². The molecule has 0 bridgehead atoms. The van der Waals surface area contributed by atoms with E-state index in [2.05, 4.69) is 14.9 Å². The van der Waals surface area contributed by atoms with Crippen LogP contribution in [0.2, 0.25) is 0 Å². The van der Waals surface area contributed by atoms with Crippen LogP contribution in [-0.4, -0.2) is 39.7 Å². The summed E-state index contributed by atoms with van der Waals surface area (Å²) in [5, 5.41) is 8.87. The largest absolute Gasteiger partial charge is 0.481 e. The van der Waals surface area contributed by atoms with E-state index in [1.807, 2.05) is 13.8 Å². The molecule has 1 fully saturated rings. The number of hydrogen-bond acceptors (Lipinski definition) is 5. The van der Waals surface area contributed by atoms with Crippen LogP contribution < -0.4 is 9.64 Å². The number of ether oxygens (including phenoxy) is 1. The highest BCUT2D eigenvalue weighted by atomic mass is 16.5. The predicted molar refractivity (Wildman–Crippen MR) is 79.7 cm³/mol. The second kappa shape index (κ2) is 7.24. The number of nitrogens with zero attached hydrogens (tertiary/aromatic N) is 3. The van der Waals surface area contributed by atoms with E-state index in [0.717, 1.165) is 25.8 Å². The van der Waals surface area contributed by atoms with Crippen molar-refractivity contribution in [3.05, 3.63) is 12.3 Å². The number of carboxylic acid groups (broad SMARTS) is 1. The van der Waals surface area contributed by atoms with E-state index in [-0.39, 0.29) is 18.6 Å². The van der Waals surface area contributed by atoms with Crippen molar-refractivity contribution in [3.63, 3.8) is 0 Å². The first kappa shape index (κ1) is 15.5. The van der Waals surface area contributed by atoms with Gasteiger partial charge in [-0.15, -0.1) is 0 Å². The minimum absolute atomic E-state index is 0.0666. The van der Waals surface area contributed by atoms with Crippen LogP contribution in [0.25, 0.3) is 0 Å². The van der Waals surface area contributed by atoms with Gasteiger partial charge in [0.15, 0.2) is 0 Å². The molecular formula is C15H23N3O3. The number of carbonyl (C=O) groups is 1. The number of rotatable bonds is 6. The summed E-state index contributed by atoms with van der Waals surface area (Å²) < 4.78 is 5.61. The van der Waals surface area contributed by atoms with Crippen molar-refractivity contribution >= 4 is 11.9 Å². The van der Waals surface area contributed by atoms with Gasteiger partial charge in [0, 0.05) is 31.3 Å². The summed E-state index contributed by atoms with van der Waals surface area (Å²) in [6.07, 6.45) is 5.79. The third-order valence-electron chi connectivity index (χ3n) is 3.55. The predicted octanol–water partition coefficient (Wildman–Crippen LogP) is 2.49. The molecule has 0 amide bonds. The maximum atomic E-state index is 10.8. The molecule has 1 aromatic rings. The zero-order valence-electron chi connectivity index (χ0n) is 12.7. The summed E-state index contributed by atoms with van der Waals surface area (Å²) >= 11 is 0. The normalized spacial score (nSPS) is 18.8. The van der Waals surface area contributed by atoms with Crippen LogP contribution in [0, 0.1) is 0 Å². The van der Waals surface area contributed by atoms with Crippen molar-refractivity contribution in [1.29, 1.82) is 0 Å². The Balaban J connectivity index is 2.10. The topological polar surface area (TPSA) is 75.5 Å². The SMILES string of the molecule is CC(C)Oc1ccnc(N2CCCCC2CCC(=O)O)n1. The Morgan fingerprint density at radius 3 is 3.05 bits per heavy atom. The van der Waals surface area contributed by atoms with Gasteiger partial charge < -0.3 is 14.7 Å². The molecule has 1 saturated heterocycles. The van der Waals surface area contributed by atoms with Crippen LogP contribution in [0.15, 0.2) is 12.3 Å². The molecule has 1 N–H and O–H groups in total. The Labute approximate surface area is 125 Å². The number of aromatic nitrogens is 2. The van der Waals surface area contributed by atoms with E-state index in [0.29, 0.717) is 18.2 Å². The molecule has 1 atom stereocenters. The van der Waals surface area contributed by atoms with Gasteiger partial charge in [0.25, 0.3) is 0 Å². The van der Waals surface area contributed by atoms with Crippen LogP contribution in [-0.2, 0) is 4.79 Å². The molecule has 1 aromatic heterocycles. The van der Waals surface area contributed by atoms with Gasteiger partial charge in [-0.05, 0) is 39.5 Å². The molecule has 1 aliphatic heterocycles. The van der Waals surface area contributed by atoms with E-state index < -0.39 is 5.97 Å². The number of hydrogen-bond donors (Lipinski definition) is 1. The Morgan fingerprint density at radius 1 is 1.52 bits per heavy atom.